The SMILES string of the molecule is Cc1ccn(C2CC2)c(=O)c1C(=O)NC[C@H]1[C@@H]2CNC[C@@H](C2)c2cccc(=O)n21.Cl. The Kier molecular flexibility index (Phi) is 5.59. The molecular weight excluding hydrogens is 404 g/mol. The summed E-state index contributed by atoms with van der Waals surface area (Å²) in [6, 6.07) is 7.37. The molecule has 0 radical (unpaired) electrons. The molecule has 4 heterocycles. The second-order valence-electron chi connectivity index (χ2n) is 8.60. The Morgan fingerprint density at radius 3 is 2.77 bits per heavy atom. The number of halogens is 1. The number of nitrogens with one attached hydrogen (secondary N) is 2. The minimum absolute atomic E-state index is 0. The fraction of sp³-hybridized carbons (Fsp3) is 0.500. The maximum Gasteiger partial charge on any atom is 0.263 e. The smallest absolute Gasteiger partial charge is 0.263 e. The van der Waals surface area contributed by atoms with Gasteiger partial charge in [-0.2, -0.15) is 0 Å². The third kappa shape index (κ3) is 3.50. The Morgan fingerprint density at radius 1 is 1.20 bits per heavy atom. The van der Waals surface area contributed by atoms with Gasteiger partial charge in [0, 0.05) is 49.6 Å². The van der Waals surface area contributed by atoms with Crippen molar-refractivity contribution in [1.29, 1.82) is 0 Å². The van der Waals surface area contributed by atoms with Crippen LogP contribution in [-0.2, 0) is 0 Å². The molecule has 2 N–H and O–H groups in total. The molecule has 1 amide bonds. The van der Waals surface area contributed by atoms with Gasteiger partial charge in [-0.05, 0) is 49.8 Å². The molecule has 2 bridgehead atoms. The maximum absolute atomic E-state index is 13.0. The van der Waals surface area contributed by atoms with Crippen LogP contribution < -0.4 is 21.8 Å². The molecular formula is C22H27ClN4O3. The lowest BCUT2D eigenvalue weighted by Gasteiger charge is -2.43. The first kappa shape index (κ1) is 20.9. The molecule has 1 saturated heterocycles. The van der Waals surface area contributed by atoms with Gasteiger partial charge in [-0.1, -0.05) is 6.07 Å². The van der Waals surface area contributed by atoms with Gasteiger partial charge in [0.15, 0.2) is 0 Å². The van der Waals surface area contributed by atoms with Crippen LogP contribution in [0.3, 0.4) is 0 Å². The molecule has 1 saturated carbocycles. The average Bonchev–Trinajstić information content (AvgIpc) is 3.54. The van der Waals surface area contributed by atoms with Crippen molar-refractivity contribution in [3.63, 3.8) is 0 Å². The van der Waals surface area contributed by atoms with Gasteiger partial charge in [0.1, 0.15) is 5.56 Å². The van der Waals surface area contributed by atoms with E-state index in [-0.39, 0.29) is 53.0 Å². The van der Waals surface area contributed by atoms with Crippen molar-refractivity contribution in [3.05, 3.63) is 68.0 Å². The minimum Gasteiger partial charge on any atom is -0.350 e. The molecule has 2 aliphatic heterocycles. The third-order valence-electron chi connectivity index (χ3n) is 6.67. The number of aryl methyl sites for hydroxylation is 1. The molecule has 160 valence electrons. The zero-order valence-electron chi connectivity index (χ0n) is 17.0. The Labute approximate surface area is 180 Å². The fourth-order valence-corrected chi connectivity index (χ4v) is 5.01. The topological polar surface area (TPSA) is 85.1 Å². The summed E-state index contributed by atoms with van der Waals surface area (Å²) in [7, 11) is 0. The number of nitrogens with zero attached hydrogens (tertiary/aromatic N) is 2. The minimum atomic E-state index is -0.348. The highest BCUT2D eigenvalue weighted by Gasteiger charge is 2.38. The summed E-state index contributed by atoms with van der Waals surface area (Å²) in [5.74, 6) is 0.261. The van der Waals surface area contributed by atoms with Crippen molar-refractivity contribution in [3.8, 4) is 0 Å². The normalized spacial score (nSPS) is 24.5. The lowest BCUT2D eigenvalue weighted by molar-refractivity contribution is 0.0929. The monoisotopic (exact) mass is 430 g/mol. The zero-order valence-corrected chi connectivity index (χ0v) is 17.8. The molecule has 7 nitrogen and oxygen atoms in total. The Morgan fingerprint density at radius 2 is 2.00 bits per heavy atom. The highest BCUT2D eigenvalue weighted by molar-refractivity contribution is 5.95. The molecule has 2 fully saturated rings. The van der Waals surface area contributed by atoms with Gasteiger partial charge >= 0.3 is 0 Å². The number of piperidine rings is 1. The molecule has 8 heteroatoms. The molecule has 5 rings (SSSR count). The van der Waals surface area contributed by atoms with Gasteiger partial charge in [0.25, 0.3) is 17.0 Å². The van der Waals surface area contributed by atoms with Crippen LogP contribution in [0, 0.1) is 12.8 Å². The first-order chi connectivity index (χ1) is 14.0. The molecule has 30 heavy (non-hydrogen) atoms. The van der Waals surface area contributed by atoms with E-state index in [1.807, 2.05) is 22.8 Å². The maximum atomic E-state index is 13.0. The molecule has 2 aromatic rings. The third-order valence-corrected chi connectivity index (χ3v) is 6.67. The predicted octanol–water partition coefficient (Wildman–Crippen LogP) is 1.75. The molecule has 1 aliphatic carbocycles. The van der Waals surface area contributed by atoms with Crippen LogP contribution in [-0.4, -0.2) is 34.7 Å². The molecule has 0 unspecified atom stereocenters. The summed E-state index contributed by atoms with van der Waals surface area (Å²) in [6.07, 6.45) is 4.77. The van der Waals surface area contributed by atoms with E-state index in [0.717, 1.165) is 38.0 Å². The van der Waals surface area contributed by atoms with Crippen LogP contribution >= 0.6 is 12.4 Å². The van der Waals surface area contributed by atoms with E-state index in [0.29, 0.717) is 18.0 Å². The van der Waals surface area contributed by atoms with E-state index in [1.165, 1.54) is 0 Å². The van der Waals surface area contributed by atoms with Gasteiger partial charge in [0.05, 0.1) is 6.04 Å². The van der Waals surface area contributed by atoms with Crippen molar-refractivity contribution in [2.75, 3.05) is 19.6 Å². The summed E-state index contributed by atoms with van der Waals surface area (Å²) in [6.45, 7) is 3.84. The van der Waals surface area contributed by atoms with Crippen LogP contribution in [0.2, 0.25) is 0 Å². The molecule has 3 atom stereocenters. The quantitative estimate of drug-likeness (QED) is 0.773. The van der Waals surface area contributed by atoms with E-state index in [2.05, 4.69) is 10.6 Å². The second-order valence-corrected chi connectivity index (χ2v) is 8.60. The molecule has 0 spiro atoms. The number of carbonyl (C=O) groups excluding carboxylic acids is 1. The predicted molar refractivity (Wildman–Crippen MR) is 117 cm³/mol. The fourth-order valence-electron chi connectivity index (χ4n) is 5.01. The van der Waals surface area contributed by atoms with Crippen molar-refractivity contribution in [1.82, 2.24) is 19.8 Å². The largest absolute Gasteiger partial charge is 0.350 e. The van der Waals surface area contributed by atoms with E-state index in [1.54, 1.807) is 23.8 Å². The summed E-state index contributed by atoms with van der Waals surface area (Å²) >= 11 is 0. The summed E-state index contributed by atoms with van der Waals surface area (Å²) in [5.41, 5.74) is 1.70. The van der Waals surface area contributed by atoms with Crippen LogP contribution in [0.4, 0.5) is 0 Å². The highest BCUT2D eigenvalue weighted by Crippen LogP contribution is 2.38. The number of hydrogen-bond acceptors (Lipinski definition) is 4. The van der Waals surface area contributed by atoms with Crippen molar-refractivity contribution in [2.24, 2.45) is 5.92 Å². The lowest BCUT2D eigenvalue weighted by Crippen LogP contribution is -2.51. The summed E-state index contributed by atoms with van der Waals surface area (Å²) in [5, 5.41) is 6.43. The van der Waals surface area contributed by atoms with Gasteiger partial charge < -0.3 is 19.8 Å². The Bertz CT molecular complexity index is 1090. The molecule has 0 aromatic carbocycles. The van der Waals surface area contributed by atoms with Crippen LogP contribution in [0.15, 0.2) is 40.1 Å². The van der Waals surface area contributed by atoms with E-state index in [9.17, 15) is 14.4 Å². The summed E-state index contributed by atoms with van der Waals surface area (Å²) in [4.78, 5) is 38.4. The highest BCUT2D eigenvalue weighted by atomic mass is 35.5. The first-order valence-electron chi connectivity index (χ1n) is 10.5. The average molecular weight is 431 g/mol. The summed E-state index contributed by atoms with van der Waals surface area (Å²) < 4.78 is 3.54. The number of rotatable bonds is 4. The molecule has 3 aliphatic rings. The number of fused-ring (bicyclic) bond motifs is 4. The van der Waals surface area contributed by atoms with E-state index in [4.69, 9.17) is 0 Å². The lowest BCUT2D eigenvalue weighted by atomic mass is 9.79. The standard InChI is InChI=1S/C22H26N4O3.ClH/c1-13-7-8-25(16-5-6-16)22(29)20(13)21(28)24-12-18-15-9-14(10-23-11-15)17-3-2-4-19(27)26(17)18;/h2-4,7-8,14-16,18,23H,5-6,9-12H2,1H3,(H,24,28);1H/t14-,15+,18+;/m1./s1. The number of carbonyl (C=O) groups is 1. The number of amides is 1. The van der Waals surface area contributed by atoms with E-state index < -0.39 is 0 Å². The van der Waals surface area contributed by atoms with Gasteiger partial charge in [-0.15, -0.1) is 12.4 Å². The number of pyridine rings is 2. The van der Waals surface area contributed by atoms with Crippen LogP contribution in [0.5, 0.6) is 0 Å². The van der Waals surface area contributed by atoms with E-state index >= 15 is 0 Å². The zero-order chi connectivity index (χ0) is 20.1. The Hall–Kier alpha value is -2.38. The molecule has 2 aromatic heterocycles. The van der Waals surface area contributed by atoms with Crippen LogP contribution in [0.1, 0.15) is 58.9 Å². The van der Waals surface area contributed by atoms with Crippen LogP contribution in [0.25, 0.3) is 0 Å². The van der Waals surface area contributed by atoms with Crippen molar-refractivity contribution in [2.45, 2.75) is 44.2 Å². The van der Waals surface area contributed by atoms with Gasteiger partial charge in [-0.3, -0.25) is 14.4 Å². The second kappa shape index (κ2) is 8.04. The van der Waals surface area contributed by atoms with Crippen molar-refractivity contribution < 1.29 is 4.79 Å². The number of hydrogen-bond donors (Lipinski definition) is 2. The Balaban J connectivity index is 0.00000218. The first-order valence-corrected chi connectivity index (χ1v) is 10.5. The van der Waals surface area contributed by atoms with Crippen molar-refractivity contribution >= 4 is 18.3 Å². The van der Waals surface area contributed by atoms with Gasteiger partial charge in [0.2, 0.25) is 0 Å². The van der Waals surface area contributed by atoms with Gasteiger partial charge in [-0.25, -0.2) is 0 Å². The number of aromatic nitrogens is 2.